The van der Waals surface area contributed by atoms with Crippen molar-refractivity contribution < 1.29 is 14.3 Å². The first-order valence-electron chi connectivity index (χ1n) is 8.89. The van der Waals surface area contributed by atoms with E-state index in [4.69, 9.17) is 16.3 Å². The second-order valence-corrected chi connectivity index (χ2v) is 7.12. The molecule has 1 saturated carbocycles. The van der Waals surface area contributed by atoms with E-state index in [-0.39, 0.29) is 12.5 Å². The zero-order valence-corrected chi connectivity index (χ0v) is 15.9. The van der Waals surface area contributed by atoms with Crippen molar-refractivity contribution in [3.05, 3.63) is 70.5 Å². The van der Waals surface area contributed by atoms with Crippen molar-refractivity contribution in [2.75, 3.05) is 5.32 Å². The maximum atomic E-state index is 12.7. The van der Waals surface area contributed by atoms with Crippen LogP contribution in [-0.2, 0) is 16.9 Å². The summed E-state index contributed by atoms with van der Waals surface area (Å²) < 4.78 is 5.19. The van der Waals surface area contributed by atoms with Crippen molar-refractivity contribution in [1.82, 2.24) is 25.9 Å². The number of ether oxygens (including phenoxy) is 1. The molecule has 1 aliphatic rings. The Morgan fingerprint density at radius 2 is 1.97 bits per heavy atom. The van der Waals surface area contributed by atoms with Crippen LogP contribution < -0.4 is 10.6 Å². The number of carbonyl (C=O) groups is 2. The summed E-state index contributed by atoms with van der Waals surface area (Å²) in [6, 6.07) is 13.9. The highest BCUT2D eigenvalue weighted by Gasteiger charge is 2.49. The molecule has 0 spiro atoms. The summed E-state index contributed by atoms with van der Waals surface area (Å²) in [5.74, 6) is 0.0891. The molecular weight excluding hydrogens is 396 g/mol. The van der Waals surface area contributed by atoms with Gasteiger partial charge >= 0.3 is 6.09 Å². The number of aromatic amines is 1. The SMILES string of the molecule is O=C(Nc1cc(Cl)cc(C(=O)NC2(c3nn[nH]n3)CC2)c1)OCc1ccccc1. The van der Waals surface area contributed by atoms with Crippen molar-refractivity contribution in [1.29, 1.82) is 0 Å². The number of H-pyrrole nitrogens is 1. The Balaban J connectivity index is 1.41. The molecular formula is C19H17ClN6O3. The number of carbonyl (C=O) groups excluding carboxylic acids is 2. The predicted molar refractivity (Wildman–Crippen MR) is 104 cm³/mol. The zero-order chi connectivity index (χ0) is 20.3. The van der Waals surface area contributed by atoms with Gasteiger partial charge < -0.3 is 10.1 Å². The van der Waals surface area contributed by atoms with E-state index in [1.165, 1.54) is 18.2 Å². The van der Waals surface area contributed by atoms with E-state index in [0.717, 1.165) is 18.4 Å². The van der Waals surface area contributed by atoms with Gasteiger partial charge in [-0.15, -0.1) is 10.2 Å². The molecule has 1 aromatic heterocycles. The summed E-state index contributed by atoms with van der Waals surface area (Å²) in [5, 5.41) is 19.6. The number of tetrazole rings is 1. The fourth-order valence-electron chi connectivity index (χ4n) is 2.85. The van der Waals surface area contributed by atoms with Crippen LogP contribution in [0.1, 0.15) is 34.6 Å². The Hall–Kier alpha value is -3.46. The quantitative estimate of drug-likeness (QED) is 0.572. The van der Waals surface area contributed by atoms with Crippen LogP contribution in [0.2, 0.25) is 5.02 Å². The molecule has 9 nitrogen and oxygen atoms in total. The largest absolute Gasteiger partial charge is 0.444 e. The Kier molecular flexibility index (Phi) is 5.13. The van der Waals surface area contributed by atoms with E-state index in [9.17, 15) is 9.59 Å². The topological polar surface area (TPSA) is 122 Å². The Morgan fingerprint density at radius 3 is 2.66 bits per heavy atom. The van der Waals surface area contributed by atoms with Gasteiger partial charge in [-0.25, -0.2) is 4.79 Å². The standard InChI is InChI=1S/C19H17ClN6O3/c20-14-8-13(16(27)22-19(6-7-19)17-23-25-26-24-17)9-15(10-14)21-18(28)29-11-12-4-2-1-3-5-12/h1-5,8-10H,6-7,11H2,(H,21,28)(H,22,27)(H,23,24,25,26). The highest BCUT2D eigenvalue weighted by Crippen LogP contribution is 2.43. The van der Waals surface area contributed by atoms with Crippen molar-refractivity contribution in [3.8, 4) is 0 Å². The van der Waals surface area contributed by atoms with Gasteiger partial charge in [-0.3, -0.25) is 10.1 Å². The van der Waals surface area contributed by atoms with Gasteiger partial charge in [0.15, 0.2) is 5.82 Å². The highest BCUT2D eigenvalue weighted by molar-refractivity contribution is 6.31. The number of rotatable bonds is 6. The third-order valence-corrected chi connectivity index (χ3v) is 4.71. The predicted octanol–water partition coefficient (Wildman–Crippen LogP) is 3.02. The summed E-state index contributed by atoms with van der Waals surface area (Å²) in [7, 11) is 0. The molecule has 148 valence electrons. The second kappa shape index (κ2) is 7.88. The number of nitrogens with one attached hydrogen (secondary N) is 3. The number of amides is 2. The van der Waals surface area contributed by atoms with Crippen LogP contribution in [0, 0.1) is 0 Å². The van der Waals surface area contributed by atoms with Gasteiger partial charge in [-0.05, 0) is 36.6 Å². The summed E-state index contributed by atoms with van der Waals surface area (Å²) in [6.07, 6.45) is 0.791. The lowest BCUT2D eigenvalue weighted by Gasteiger charge is -2.14. The molecule has 1 fully saturated rings. The number of anilines is 1. The van der Waals surface area contributed by atoms with Crippen LogP contribution >= 0.6 is 11.6 Å². The van der Waals surface area contributed by atoms with E-state index < -0.39 is 11.6 Å². The van der Waals surface area contributed by atoms with Gasteiger partial charge in [-0.2, -0.15) is 5.21 Å². The van der Waals surface area contributed by atoms with Crippen LogP contribution in [0.15, 0.2) is 48.5 Å². The number of nitrogens with zero attached hydrogens (tertiary/aromatic N) is 3. The Bertz CT molecular complexity index is 1020. The molecule has 2 aromatic carbocycles. The minimum Gasteiger partial charge on any atom is -0.444 e. The second-order valence-electron chi connectivity index (χ2n) is 6.69. The molecule has 1 aliphatic carbocycles. The first kappa shape index (κ1) is 18.9. The van der Waals surface area contributed by atoms with Gasteiger partial charge in [0.05, 0.1) is 0 Å². The van der Waals surface area contributed by atoms with Crippen LogP contribution in [-0.4, -0.2) is 32.6 Å². The molecule has 0 radical (unpaired) electrons. The highest BCUT2D eigenvalue weighted by atomic mass is 35.5. The number of halogens is 1. The third kappa shape index (κ3) is 4.52. The average molecular weight is 413 g/mol. The zero-order valence-electron chi connectivity index (χ0n) is 15.2. The maximum absolute atomic E-state index is 12.7. The molecule has 2 amide bonds. The molecule has 4 rings (SSSR count). The molecule has 3 aromatic rings. The van der Waals surface area contributed by atoms with Crippen molar-refractivity contribution in [2.45, 2.75) is 25.0 Å². The third-order valence-electron chi connectivity index (χ3n) is 4.50. The fourth-order valence-corrected chi connectivity index (χ4v) is 3.09. The van der Waals surface area contributed by atoms with Gasteiger partial charge in [0, 0.05) is 16.3 Å². The van der Waals surface area contributed by atoms with Gasteiger partial charge in [-0.1, -0.05) is 47.1 Å². The molecule has 29 heavy (non-hydrogen) atoms. The lowest BCUT2D eigenvalue weighted by molar-refractivity contribution is 0.0928. The van der Waals surface area contributed by atoms with Crippen molar-refractivity contribution >= 4 is 29.3 Å². The monoisotopic (exact) mass is 412 g/mol. The molecule has 10 heteroatoms. The molecule has 0 bridgehead atoms. The van der Waals surface area contributed by atoms with E-state index in [1.807, 2.05) is 30.3 Å². The Labute approximate surface area is 170 Å². The van der Waals surface area contributed by atoms with Crippen LogP contribution in [0.3, 0.4) is 0 Å². The van der Waals surface area contributed by atoms with Crippen LogP contribution in [0.4, 0.5) is 10.5 Å². The molecule has 0 aliphatic heterocycles. The van der Waals surface area contributed by atoms with E-state index in [0.29, 0.717) is 22.1 Å². The number of aromatic nitrogens is 4. The number of benzene rings is 2. The van der Waals surface area contributed by atoms with Crippen molar-refractivity contribution in [3.63, 3.8) is 0 Å². The fraction of sp³-hybridized carbons (Fsp3) is 0.211. The van der Waals surface area contributed by atoms with Crippen LogP contribution in [0.25, 0.3) is 0 Å². The normalized spacial score (nSPS) is 14.1. The first-order valence-corrected chi connectivity index (χ1v) is 9.27. The summed E-state index contributed by atoms with van der Waals surface area (Å²) in [6.45, 7) is 0.133. The maximum Gasteiger partial charge on any atom is 0.411 e. The van der Waals surface area contributed by atoms with E-state index in [1.54, 1.807) is 0 Å². The average Bonchev–Trinajstić information content (AvgIpc) is 3.26. The first-order chi connectivity index (χ1) is 14.0. The lowest BCUT2D eigenvalue weighted by atomic mass is 10.1. The molecule has 0 saturated heterocycles. The minimum absolute atomic E-state index is 0.133. The summed E-state index contributed by atoms with van der Waals surface area (Å²) in [4.78, 5) is 24.8. The van der Waals surface area contributed by atoms with E-state index in [2.05, 4.69) is 31.3 Å². The molecule has 0 atom stereocenters. The van der Waals surface area contributed by atoms with Gasteiger partial charge in [0.1, 0.15) is 12.1 Å². The van der Waals surface area contributed by atoms with Crippen LogP contribution in [0.5, 0.6) is 0 Å². The van der Waals surface area contributed by atoms with Gasteiger partial charge in [0.25, 0.3) is 5.91 Å². The molecule has 3 N–H and O–H groups in total. The summed E-state index contributed by atoms with van der Waals surface area (Å²) in [5.41, 5.74) is 0.898. The minimum atomic E-state index is -0.645. The van der Waals surface area contributed by atoms with E-state index >= 15 is 0 Å². The number of hydrogen-bond acceptors (Lipinski definition) is 6. The lowest BCUT2D eigenvalue weighted by Crippen LogP contribution is -2.35. The van der Waals surface area contributed by atoms with Gasteiger partial charge in [0.2, 0.25) is 0 Å². The summed E-state index contributed by atoms with van der Waals surface area (Å²) >= 11 is 6.13. The van der Waals surface area contributed by atoms with Crippen molar-refractivity contribution in [2.24, 2.45) is 0 Å². The Morgan fingerprint density at radius 1 is 1.17 bits per heavy atom. The molecule has 0 unspecified atom stereocenters. The smallest absolute Gasteiger partial charge is 0.411 e. The molecule has 1 heterocycles. The number of hydrogen-bond donors (Lipinski definition) is 3.